The zero-order valence-corrected chi connectivity index (χ0v) is 11.5. The molecule has 0 unspecified atom stereocenters. The first-order valence-electron chi connectivity index (χ1n) is 9.50. The van der Waals surface area contributed by atoms with Crippen LogP contribution in [0, 0.1) is 0 Å². The lowest BCUT2D eigenvalue weighted by Crippen LogP contribution is -2.27. The number of halogens is 2. The largest absolute Gasteiger partial charge is 0.481 e. The van der Waals surface area contributed by atoms with E-state index in [2.05, 4.69) is 0 Å². The minimum Gasteiger partial charge on any atom is -0.481 e. The topological polar surface area (TPSA) is 40.5 Å². The highest BCUT2D eigenvalue weighted by Crippen LogP contribution is 2.16. The predicted molar refractivity (Wildman–Crippen MR) is 80.7 cm³/mol. The van der Waals surface area contributed by atoms with Crippen LogP contribution in [0.15, 0.2) is 24.3 Å². The minimum atomic E-state index is -3.16. The van der Waals surface area contributed by atoms with E-state index < -0.39 is 30.6 Å². The molecule has 0 saturated carbocycles. The molecule has 1 rings (SSSR count). The van der Waals surface area contributed by atoms with E-state index in [4.69, 9.17) is 39.3 Å². The molecular weight excluding hydrogens is 285 g/mol. The number of hydrogen-bond acceptors (Lipinski definition) is 2. The summed E-state index contributed by atoms with van der Waals surface area (Å²) in [5.74, 6) is -7.07. The maximum atomic E-state index is 10.6. The Labute approximate surface area is 135 Å². The predicted octanol–water partition coefficient (Wildman–Crippen LogP) is 3.38. The summed E-state index contributed by atoms with van der Waals surface area (Å²) in [5, 5.41) is 8.65. The second kappa shape index (κ2) is 9.05. The Balaban J connectivity index is 3.31. The smallest absolute Gasteiger partial charge is 0.303 e. The summed E-state index contributed by atoms with van der Waals surface area (Å²) >= 11 is 11.0. The van der Waals surface area contributed by atoms with E-state index in [1.165, 1.54) is 24.3 Å². The van der Waals surface area contributed by atoms with E-state index in [1.54, 1.807) is 0 Å². The van der Waals surface area contributed by atoms with Gasteiger partial charge in [-0.15, -0.1) is 23.2 Å². The van der Waals surface area contributed by atoms with Crippen LogP contribution in [0.1, 0.15) is 29.4 Å². The monoisotopic (exact) mass is 311 g/mol. The van der Waals surface area contributed by atoms with Crippen molar-refractivity contribution in [1.29, 1.82) is 0 Å². The maximum absolute atomic E-state index is 10.6. The number of aliphatic carboxylic acids is 1. The van der Waals surface area contributed by atoms with Crippen LogP contribution in [-0.2, 0) is 11.2 Å². The molecule has 0 atom stereocenters. The first-order valence-corrected chi connectivity index (χ1v) is 6.26. The van der Waals surface area contributed by atoms with E-state index in [0.29, 0.717) is 18.4 Å². The van der Waals surface area contributed by atoms with Gasteiger partial charge in [0.05, 0.1) is 5.48 Å². The van der Waals surface area contributed by atoms with Crippen molar-refractivity contribution >= 4 is 34.9 Å². The summed E-state index contributed by atoms with van der Waals surface area (Å²) in [7, 11) is 0. The Hall–Kier alpha value is -0.930. The molecule has 0 radical (unpaired) electrons. The molecule has 1 aromatic carbocycles. The quantitative estimate of drug-likeness (QED) is 0.711. The normalized spacial score (nSPS) is 19.7. The molecule has 1 aromatic rings. The fraction of sp³-hybridized carbons (Fsp3) is 0.500. The maximum Gasteiger partial charge on any atom is 0.303 e. The molecular formula is C14H19Cl2NO2. The van der Waals surface area contributed by atoms with Crippen molar-refractivity contribution in [3.63, 3.8) is 0 Å². The van der Waals surface area contributed by atoms with Crippen molar-refractivity contribution < 1.29 is 20.9 Å². The molecule has 0 saturated heterocycles. The van der Waals surface area contributed by atoms with Crippen molar-refractivity contribution in [1.82, 2.24) is 0 Å². The molecule has 0 spiro atoms. The third-order valence-corrected chi connectivity index (χ3v) is 2.53. The molecule has 0 aromatic heterocycles. The lowest BCUT2D eigenvalue weighted by molar-refractivity contribution is -0.137. The SMILES string of the molecule is [2H]C([2H])(Cl)C([2H])([2H])N(c1ccc(CCCC(=O)O)cc1)C([2H])([2H])C([2H])([2H])Cl. The number of carboxylic acid groups (broad SMARTS) is 1. The van der Waals surface area contributed by atoms with Crippen LogP contribution in [0.25, 0.3) is 0 Å². The zero-order valence-electron chi connectivity index (χ0n) is 18.0. The molecule has 5 heteroatoms. The summed E-state index contributed by atoms with van der Waals surface area (Å²) in [6.07, 6.45) is 0.755. The van der Waals surface area contributed by atoms with Gasteiger partial charge in [-0.3, -0.25) is 4.79 Å². The average molecular weight is 312 g/mol. The zero-order chi connectivity index (χ0) is 21.3. The van der Waals surface area contributed by atoms with Gasteiger partial charge in [0.2, 0.25) is 0 Å². The molecule has 0 aliphatic rings. The Kier molecular flexibility index (Phi) is 3.69. The molecule has 106 valence electrons. The third-order valence-electron chi connectivity index (χ3n) is 2.36. The van der Waals surface area contributed by atoms with Gasteiger partial charge in [0.25, 0.3) is 0 Å². The van der Waals surface area contributed by atoms with Gasteiger partial charge in [-0.05, 0) is 30.5 Å². The number of hydrogen-bond donors (Lipinski definition) is 1. The first-order chi connectivity index (χ1) is 12.0. The number of rotatable bonds is 9. The highest BCUT2D eigenvalue weighted by molar-refractivity contribution is 6.18. The van der Waals surface area contributed by atoms with Gasteiger partial charge in [-0.1, -0.05) is 12.1 Å². The standard InChI is InChI=1S/C14H19Cl2NO2/c15-8-10-17(11-9-16)13-6-4-12(5-7-13)2-1-3-14(18)19/h4-7H,1-3,8-11H2,(H,18,19)/i8D2,9D2,10D2,11D2. The molecule has 0 aliphatic carbocycles. The lowest BCUT2D eigenvalue weighted by atomic mass is 10.1. The molecule has 0 amide bonds. The number of alkyl halides is 2. The Morgan fingerprint density at radius 3 is 2.26 bits per heavy atom. The van der Waals surface area contributed by atoms with Gasteiger partial charge in [-0.25, -0.2) is 0 Å². The third kappa shape index (κ3) is 6.17. The number of anilines is 1. The van der Waals surface area contributed by atoms with Crippen molar-refractivity contribution in [3.8, 4) is 0 Å². The fourth-order valence-corrected chi connectivity index (χ4v) is 1.67. The van der Waals surface area contributed by atoms with Crippen molar-refractivity contribution in [2.45, 2.75) is 19.3 Å². The van der Waals surface area contributed by atoms with E-state index >= 15 is 0 Å². The van der Waals surface area contributed by atoms with E-state index in [1.807, 2.05) is 0 Å². The molecule has 0 bridgehead atoms. The number of benzene rings is 1. The summed E-state index contributed by atoms with van der Waals surface area (Å²) in [6.45, 7) is -6.32. The van der Waals surface area contributed by atoms with Gasteiger partial charge in [0.15, 0.2) is 0 Å². The highest BCUT2D eigenvalue weighted by Gasteiger charge is 2.05. The Morgan fingerprint density at radius 1 is 1.21 bits per heavy atom. The van der Waals surface area contributed by atoms with Crippen LogP contribution in [0.5, 0.6) is 0 Å². The van der Waals surface area contributed by atoms with Gasteiger partial charge in [0, 0.05) is 42.2 Å². The van der Waals surface area contributed by atoms with Crippen LogP contribution in [0.3, 0.4) is 0 Å². The van der Waals surface area contributed by atoms with Crippen molar-refractivity contribution in [2.75, 3.05) is 29.6 Å². The second-order valence-electron chi connectivity index (χ2n) is 3.66. The molecule has 3 nitrogen and oxygen atoms in total. The summed E-state index contributed by atoms with van der Waals surface area (Å²) in [6, 6.07) is 5.53. The van der Waals surface area contributed by atoms with E-state index in [9.17, 15) is 4.79 Å². The van der Waals surface area contributed by atoms with Crippen LogP contribution in [-0.4, -0.2) is 35.7 Å². The number of nitrogens with zero attached hydrogens (tertiary/aromatic N) is 1. The highest BCUT2D eigenvalue weighted by atomic mass is 35.5. The molecule has 1 N–H and O–H groups in total. The Morgan fingerprint density at radius 2 is 1.79 bits per heavy atom. The fourth-order valence-electron chi connectivity index (χ4n) is 1.50. The Bertz CT molecular complexity index is 633. The van der Waals surface area contributed by atoms with Gasteiger partial charge in [0.1, 0.15) is 0 Å². The number of carbonyl (C=O) groups is 1. The summed E-state index contributed by atoms with van der Waals surface area (Å²) in [5.41, 5.74) is 0.518. The average Bonchev–Trinajstić information content (AvgIpc) is 2.46. The van der Waals surface area contributed by atoms with Crippen LogP contribution in [0.4, 0.5) is 5.69 Å². The molecule has 0 heterocycles. The van der Waals surface area contributed by atoms with Crippen LogP contribution < -0.4 is 4.90 Å². The van der Waals surface area contributed by atoms with E-state index in [-0.39, 0.29) is 17.0 Å². The van der Waals surface area contributed by atoms with Crippen molar-refractivity contribution in [2.24, 2.45) is 0 Å². The first kappa shape index (κ1) is 7.75. The van der Waals surface area contributed by atoms with Gasteiger partial charge >= 0.3 is 5.97 Å². The molecule has 0 fully saturated rings. The van der Waals surface area contributed by atoms with Crippen LogP contribution >= 0.6 is 23.2 Å². The second-order valence-corrected chi connectivity index (χ2v) is 4.04. The van der Waals surface area contributed by atoms with Gasteiger partial charge < -0.3 is 10.0 Å². The lowest BCUT2D eigenvalue weighted by Gasteiger charge is -2.23. The van der Waals surface area contributed by atoms with Crippen molar-refractivity contribution in [3.05, 3.63) is 29.8 Å². The summed E-state index contributed by atoms with van der Waals surface area (Å²) in [4.78, 5) is 10.8. The van der Waals surface area contributed by atoms with Crippen LogP contribution in [0.2, 0.25) is 0 Å². The molecule has 19 heavy (non-hydrogen) atoms. The number of carboxylic acids is 1. The summed E-state index contributed by atoms with van der Waals surface area (Å²) < 4.78 is 61.9. The van der Waals surface area contributed by atoms with E-state index in [0.717, 1.165) is 0 Å². The minimum absolute atomic E-state index is 0.0299. The molecule has 0 aliphatic heterocycles. The number of aryl methyl sites for hydroxylation is 1. The van der Waals surface area contributed by atoms with Gasteiger partial charge in [-0.2, -0.15) is 0 Å².